The first kappa shape index (κ1) is 9.26. The fourth-order valence-electron chi connectivity index (χ4n) is 0.881. The van der Waals surface area contributed by atoms with E-state index in [2.05, 4.69) is 15.9 Å². The van der Waals surface area contributed by atoms with Crippen LogP contribution >= 0.6 is 15.9 Å². The number of anilines is 1. The molecule has 0 saturated carbocycles. The zero-order valence-corrected chi connectivity index (χ0v) is 8.41. The van der Waals surface area contributed by atoms with Crippen LogP contribution in [0.4, 0.5) is 5.69 Å². The monoisotopic (exact) mass is 227 g/mol. The number of benzene rings is 1. The number of hydrogen-bond donors (Lipinski definition) is 0. The maximum Gasteiger partial charge on any atom is 0.213 e. The molecule has 64 valence electrons. The van der Waals surface area contributed by atoms with Crippen LogP contribution in [0.1, 0.15) is 5.56 Å². The van der Waals surface area contributed by atoms with Crippen LogP contribution in [0.15, 0.2) is 24.3 Å². The number of amides is 1. The minimum absolute atomic E-state index is 0.795. The van der Waals surface area contributed by atoms with Gasteiger partial charge in [-0.05, 0) is 17.7 Å². The summed E-state index contributed by atoms with van der Waals surface area (Å²) in [6, 6.07) is 7.82. The summed E-state index contributed by atoms with van der Waals surface area (Å²) in [6.07, 6.45) is 0.795. The van der Waals surface area contributed by atoms with Crippen LogP contribution in [0, 0.1) is 0 Å². The normalized spacial score (nSPS) is 9.50. The zero-order valence-electron chi connectivity index (χ0n) is 6.83. The Labute approximate surface area is 80.3 Å². The lowest BCUT2D eigenvalue weighted by Crippen LogP contribution is -2.13. The van der Waals surface area contributed by atoms with E-state index in [1.165, 1.54) is 10.5 Å². The highest BCUT2D eigenvalue weighted by Gasteiger charge is 1.96. The molecule has 0 aliphatic carbocycles. The summed E-state index contributed by atoms with van der Waals surface area (Å²) in [5, 5.41) is 0.845. The lowest BCUT2D eigenvalue weighted by molar-refractivity contribution is -0.107. The third-order valence-corrected chi connectivity index (χ3v) is 2.30. The molecule has 0 heterocycles. The molecule has 12 heavy (non-hydrogen) atoms. The summed E-state index contributed by atoms with van der Waals surface area (Å²) in [7, 11) is 1.73. The summed E-state index contributed by atoms with van der Waals surface area (Å²) < 4.78 is 0. The van der Waals surface area contributed by atoms with Crippen LogP contribution in [0.2, 0.25) is 0 Å². The quantitative estimate of drug-likeness (QED) is 0.573. The van der Waals surface area contributed by atoms with E-state index in [0.717, 1.165) is 17.4 Å². The summed E-state index contributed by atoms with van der Waals surface area (Å²) in [5.41, 5.74) is 2.12. The second-order valence-corrected chi connectivity index (χ2v) is 3.08. The van der Waals surface area contributed by atoms with Crippen molar-refractivity contribution < 1.29 is 4.79 Å². The molecule has 0 N–H and O–H groups in total. The van der Waals surface area contributed by atoms with Crippen LogP contribution in [0.25, 0.3) is 0 Å². The largest absolute Gasteiger partial charge is 0.318 e. The molecule has 0 aromatic heterocycles. The third-order valence-electron chi connectivity index (χ3n) is 1.66. The topological polar surface area (TPSA) is 20.3 Å². The second-order valence-electron chi connectivity index (χ2n) is 2.52. The highest BCUT2D eigenvalue weighted by molar-refractivity contribution is 9.08. The van der Waals surface area contributed by atoms with Crippen LogP contribution in [0.3, 0.4) is 0 Å². The maximum atomic E-state index is 10.4. The molecular formula is C9H10BrNO. The molecule has 0 saturated heterocycles. The smallest absolute Gasteiger partial charge is 0.213 e. The van der Waals surface area contributed by atoms with Crippen LogP contribution in [-0.4, -0.2) is 13.5 Å². The zero-order chi connectivity index (χ0) is 8.97. The highest BCUT2D eigenvalue weighted by atomic mass is 79.9. The molecule has 3 heteroatoms. The van der Waals surface area contributed by atoms with Crippen molar-refractivity contribution in [2.24, 2.45) is 0 Å². The fraction of sp³-hybridized carbons (Fsp3) is 0.222. The van der Waals surface area contributed by atoms with Crippen molar-refractivity contribution in [3.63, 3.8) is 0 Å². The van der Waals surface area contributed by atoms with Crippen LogP contribution < -0.4 is 4.90 Å². The van der Waals surface area contributed by atoms with Gasteiger partial charge in [0.05, 0.1) is 0 Å². The minimum atomic E-state index is 0.795. The van der Waals surface area contributed by atoms with Gasteiger partial charge in [-0.15, -0.1) is 0 Å². The SMILES string of the molecule is CN(C=O)c1ccc(CBr)cc1. The second kappa shape index (κ2) is 4.26. The number of carbonyl (C=O) groups excluding carboxylic acids is 1. The van der Waals surface area contributed by atoms with E-state index >= 15 is 0 Å². The molecule has 0 spiro atoms. The molecular weight excluding hydrogens is 218 g/mol. The van der Waals surface area contributed by atoms with E-state index in [9.17, 15) is 4.79 Å². The lowest BCUT2D eigenvalue weighted by atomic mass is 10.2. The van der Waals surface area contributed by atoms with Gasteiger partial charge in [-0.3, -0.25) is 4.79 Å². The molecule has 0 aliphatic rings. The Hall–Kier alpha value is -0.830. The average Bonchev–Trinajstić information content (AvgIpc) is 2.17. The molecule has 0 aliphatic heterocycles. The number of halogens is 1. The van der Waals surface area contributed by atoms with Crippen molar-refractivity contribution >= 4 is 28.0 Å². The molecule has 0 bridgehead atoms. The van der Waals surface area contributed by atoms with Gasteiger partial charge in [-0.2, -0.15) is 0 Å². The van der Waals surface area contributed by atoms with Crippen molar-refractivity contribution in [3.8, 4) is 0 Å². The number of carbonyl (C=O) groups is 1. The Morgan fingerprint density at radius 3 is 2.42 bits per heavy atom. The summed E-state index contributed by atoms with van der Waals surface area (Å²) in [6.45, 7) is 0. The predicted octanol–water partition coefficient (Wildman–Crippen LogP) is 2.17. The van der Waals surface area contributed by atoms with Gasteiger partial charge in [0, 0.05) is 18.1 Å². The Morgan fingerprint density at radius 2 is 2.00 bits per heavy atom. The van der Waals surface area contributed by atoms with E-state index in [1.54, 1.807) is 7.05 Å². The first-order chi connectivity index (χ1) is 5.77. The molecule has 2 nitrogen and oxygen atoms in total. The number of hydrogen-bond acceptors (Lipinski definition) is 1. The molecule has 0 radical (unpaired) electrons. The standard InChI is InChI=1S/C9H10BrNO/c1-11(7-12)9-4-2-8(6-10)3-5-9/h2-5,7H,6H2,1H3. The molecule has 1 amide bonds. The van der Waals surface area contributed by atoms with Gasteiger partial charge < -0.3 is 4.90 Å². The minimum Gasteiger partial charge on any atom is -0.318 e. The number of alkyl halides is 1. The molecule has 0 fully saturated rings. The Balaban J connectivity index is 2.84. The van der Waals surface area contributed by atoms with Crippen molar-refractivity contribution in [3.05, 3.63) is 29.8 Å². The summed E-state index contributed by atoms with van der Waals surface area (Å²) >= 11 is 3.35. The predicted molar refractivity (Wildman–Crippen MR) is 53.5 cm³/mol. The molecule has 1 rings (SSSR count). The average molecular weight is 228 g/mol. The van der Waals surface area contributed by atoms with E-state index in [1.807, 2.05) is 24.3 Å². The van der Waals surface area contributed by atoms with Gasteiger partial charge in [-0.1, -0.05) is 28.1 Å². The Morgan fingerprint density at radius 1 is 1.42 bits per heavy atom. The van der Waals surface area contributed by atoms with Gasteiger partial charge in [0.1, 0.15) is 0 Å². The van der Waals surface area contributed by atoms with Gasteiger partial charge in [0.2, 0.25) is 6.41 Å². The van der Waals surface area contributed by atoms with Crippen molar-refractivity contribution in [2.45, 2.75) is 5.33 Å². The molecule has 1 aromatic carbocycles. The van der Waals surface area contributed by atoms with Crippen LogP contribution in [0.5, 0.6) is 0 Å². The number of nitrogens with zero attached hydrogens (tertiary/aromatic N) is 1. The third kappa shape index (κ3) is 2.08. The van der Waals surface area contributed by atoms with Crippen molar-refractivity contribution in [2.75, 3.05) is 11.9 Å². The number of rotatable bonds is 3. The van der Waals surface area contributed by atoms with Gasteiger partial charge in [-0.25, -0.2) is 0 Å². The fourth-order valence-corrected chi connectivity index (χ4v) is 1.25. The van der Waals surface area contributed by atoms with E-state index in [4.69, 9.17) is 0 Å². The van der Waals surface area contributed by atoms with E-state index < -0.39 is 0 Å². The first-order valence-corrected chi connectivity index (χ1v) is 4.73. The van der Waals surface area contributed by atoms with Gasteiger partial charge in [0.25, 0.3) is 0 Å². The Kier molecular flexibility index (Phi) is 3.29. The van der Waals surface area contributed by atoms with E-state index in [-0.39, 0.29) is 0 Å². The molecule has 0 unspecified atom stereocenters. The molecule has 1 aromatic rings. The van der Waals surface area contributed by atoms with E-state index in [0.29, 0.717) is 0 Å². The summed E-state index contributed by atoms with van der Waals surface area (Å²) in [5.74, 6) is 0. The lowest BCUT2D eigenvalue weighted by Gasteiger charge is -2.10. The van der Waals surface area contributed by atoms with Crippen molar-refractivity contribution in [1.29, 1.82) is 0 Å². The van der Waals surface area contributed by atoms with Gasteiger partial charge in [0.15, 0.2) is 0 Å². The van der Waals surface area contributed by atoms with Crippen molar-refractivity contribution in [1.82, 2.24) is 0 Å². The van der Waals surface area contributed by atoms with Gasteiger partial charge >= 0.3 is 0 Å². The highest BCUT2D eigenvalue weighted by Crippen LogP contribution is 2.13. The maximum absolute atomic E-state index is 10.4. The molecule has 0 atom stereocenters. The van der Waals surface area contributed by atoms with Crippen LogP contribution in [-0.2, 0) is 10.1 Å². The first-order valence-electron chi connectivity index (χ1n) is 3.61. The summed E-state index contributed by atoms with van der Waals surface area (Å²) in [4.78, 5) is 11.9. The Bertz CT molecular complexity index is 258.